The first-order valence-corrected chi connectivity index (χ1v) is 16.8. The van der Waals surface area contributed by atoms with Crippen molar-refractivity contribution in [1.29, 1.82) is 0 Å². The zero-order chi connectivity index (χ0) is 36.5. The topological polar surface area (TPSA) is 174 Å². The molecule has 2 unspecified atom stereocenters. The first kappa shape index (κ1) is 37.8. The van der Waals surface area contributed by atoms with E-state index in [9.17, 15) is 29.5 Å². The molecule has 1 saturated heterocycles. The first-order valence-electron chi connectivity index (χ1n) is 16.8. The van der Waals surface area contributed by atoms with Crippen LogP contribution in [0.1, 0.15) is 81.0 Å². The van der Waals surface area contributed by atoms with Crippen molar-refractivity contribution in [3.05, 3.63) is 89.0 Å². The van der Waals surface area contributed by atoms with Gasteiger partial charge in [0, 0.05) is 55.4 Å². The van der Waals surface area contributed by atoms with Crippen molar-refractivity contribution in [2.75, 3.05) is 13.1 Å². The molecule has 268 valence electrons. The summed E-state index contributed by atoms with van der Waals surface area (Å²) in [5, 5.41) is 22.2. The van der Waals surface area contributed by atoms with Gasteiger partial charge in [0.05, 0.1) is 5.41 Å². The minimum atomic E-state index is -1.28. The predicted octanol–water partition coefficient (Wildman–Crippen LogP) is 4.67. The van der Waals surface area contributed by atoms with Crippen molar-refractivity contribution in [1.82, 2.24) is 30.6 Å². The van der Waals surface area contributed by atoms with Crippen LogP contribution in [0.2, 0.25) is 0 Å². The Balaban J connectivity index is 1.54. The summed E-state index contributed by atoms with van der Waals surface area (Å²) in [6, 6.07) is 13.6. The molecule has 4 rings (SSSR count). The average molecular weight is 689 g/mol. The number of carboxylic acid groups (broad SMARTS) is 1. The third kappa shape index (κ3) is 9.56. The van der Waals surface area contributed by atoms with Crippen molar-refractivity contribution >= 4 is 23.8 Å². The van der Waals surface area contributed by atoms with Gasteiger partial charge in [-0.25, -0.2) is 10.3 Å². The summed E-state index contributed by atoms with van der Waals surface area (Å²) in [5.41, 5.74) is 4.06. The molecule has 1 aromatic carbocycles. The largest absolute Gasteiger partial charge is 0.489 e. The summed E-state index contributed by atoms with van der Waals surface area (Å²) in [6.07, 6.45) is 3.40. The van der Waals surface area contributed by atoms with E-state index in [1.807, 2.05) is 26.0 Å². The first-order chi connectivity index (χ1) is 23.7. The molecule has 1 fully saturated rings. The van der Waals surface area contributed by atoms with E-state index in [1.165, 1.54) is 9.80 Å². The van der Waals surface area contributed by atoms with Gasteiger partial charge in [-0.15, -0.1) is 0 Å². The van der Waals surface area contributed by atoms with E-state index in [0.717, 1.165) is 22.5 Å². The highest BCUT2D eigenvalue weighted by atomic mass is 16.5. The number of hydrogen-bond donors (Lipinski definition) is 4. The molecule has 2 aromatic heterocycles. The average Bonchev–Trinajstić information content (AvgIpc) is 3.39. The molecule has 3 aromatic rings. The van der Waals surface area contributed by atoms with Gasteiger partial charge in [0.15, 0.2) is 0 Å². The molecule has 0 bridgehead atoms. The van der Waals surface area contributed by atoms with E-state index in [2.05, 4.69) is 15.3 Å². The van der Waals surface area contributed by atoms with Crippen LogP contribution in [0, 0.1) is 13.8 Å². The number of amides is 4. The molecule has 4 N–H and O–H groups in total. The Kier molecular flexibility index (Phi) is 12.5. The molecule has 1 aliphatic rings. The van der Waals surface area contributed by atoms with Crippen molar-refractivity contribution in [3.8, 4) is 5.75 Å². The maximum absolute atomic E-state index is 14.5. The molecule has 0 saturated carbocycles. The quantitative estimate of drug-likeness (QED) is 0.101. The minimum absolute atomic E-state index is 0.157. The van der Waals surface area contributed by atoms with Crippen LogP contribution in [0.4, 0.5) is 4.79 Å². The Morgan fingerprint density at radius 2 is 1.68 bits per heavy atom. The highest BCUT2D eigenvalue weighted by Gasteiger charge is 2.52. The molecular weight excluding hydrogens is 640 g/mol. The second kappa shape index (κ2) is 16.6. The monoisotopic (exact) mass is 688 g/mol. The van der Waals surface area contributed by atoms with Gasteiger partial charge in [-0.2, -0.15) is 0 Å². The van der Waals surface area contributed by atoms with E-state index < -0.39 is 34.9 Å². The summed E-state index contributed by atoms with van der Waals surface area (Å²) in [4.78, 5) is 63.9. The summed E-state index contributed by atoms with van der Waals surface area (Å²) < 4.78 is 6.03. The van der Waals surface area contributed by atoms with Gasteiger partial charge in [-0.05, 0) is 113 Å². The Bertz CT molecular complexity index is 1620. The van der Waals surface area contributed by atoms with Gasteiger partial charge in [-0.1, -0.05) is 12.1 Å². The smallest absolute Gasteiger partial charge is 0.407 e. The van der Waals surface area contributed by atoms with Gasteiger partial charge in [0.25, 0.3) is 5.91 Å². The molecule has 2 atom stereocenters. The van der Waals surface area contributed by atoms with Gasteiger partial charge in [0.2, 0.25) is 11.8 Å². The fraction of sp³-hybridized carbons (Fsp3) is 0.459. The van der Waals surface area contributed by atoms with Crippen LogP contribution in [0.25, 0.3) is 0 Å². The lowest BCUT2D eigenvalue weighted by Crippen LogP contribution is -2.50. The number of carbonyl (C=O) groups excluding carboxylic acids is 3. The van der Waals surface area contributed by atoms with Crippen LogP contribution in [-0.4, -0.2) is 78.6 Å². The van der Waals surface area contributed by atoms with Crippen molar-refractivity contribution in [2.45, 2.75) is 96.9 Å². The maximum atomic E-state index is 14.5. The fourth-order valence-electron chi connectivity index (χ4n) is 6.53. The van der Waals surface area contributed by atoms with Crippen molar-refractivity contribution in [2.24, 2.45) is 0 Å². The number of likely N-dealkylation sites (tertiary alicyclic amines) is 1. The summed E-state index contributed by atoms with van der Waals surface area (Å²) in [5.74, 6) is -0.889. The summed E-state index contributed by atoms with van der Waals surface area (Å²) in [7, 11) is 0. The van der Waals surface area contributed by atoms with E-state index in [4.69, 9.17) is 4.74 Å². The molecule has 13 nitrogen and oxygen atoms in total. The van der Waals surface area contributed by atoms with Crippen LogP contribution in [-0.2, 0) is 33.0 Å². The number of aromatic nitrogens is 2. The maximum Gasteiger partial charge on any atom is 0.407 e. The lowest BCUT2D eigenvalue weighted by atomic mass is 9.75. The van der Waals surface area contributed by atoms with Crippen LogP contribution < -0.4 is 15.5 Å². The molecule has 13 heteroatoms. The van der Waals surface area contributed by atoms with Gasteiger partial charge in [0.1, 0.15) is 18.4 Å². The Morgan fingerprint density at radius 3 is 2.28 bits per heavy atom. The van der Waals surface area contributed by atoms with E-state index in [-0.39, 0.29) is 44.8 Å². The van der Waals surface area contributed by atoms with Gasteiger partial charge < -0.3 is 25.0 Å². The van der Waals surface area contributed by atoms with Crippen LogP contribution >= 0.6 is 0 Å². The number of benzene rings is 1. The number of nitrogens with one attached hydrogen (secondary N) is 2. The zero-order valence-electron chi connectivity index (χ0n) is 29.4. The number of hydroxylamine groups is 1. The molecule has 0 aliphatic carbocycles. The predicted molar refractivity (Wildman–Crippen MR) is 185 cm³/mol. The Labute approximate surface area is 293 Å². The lowest BCUT2D eigenvalue weighted by molar-refractivity contribution is -0.145. The molecular formula is C37H48N6O7. The van der Waals surface area contributed by atoms with Crippen LogP contribution in [0.3, 0.4) is 0 Å². The van der Waals surface area contributed by atoms with E-state index in [0.29, 0.717) is 30.8 Å². The number of hydrogen-bond acceptors (Lipinski definition) is 8. The minimum Gasteiger partial charge on any atom is -0.489 e. The lowest BCUT2D eigenvalue weighted by Gasteiger charge is -2.33. The second-order valence-corrected chi connectivity index (χ2v) is 13.8. The molecule has 0 radical (unpaired) electrons. The molecule has 3 heterocycles. The second-order valence-electron chi connectivity index (χ2n) is 13.8. The number of ether oxygens (including phenoxy) is 1. The number of aryl methyl sites for hydroxylation is 2. The standard InChI is InChI=1S/C37H48N6O7/c1-25-20-28(21-26(2)40-25)24-50-30-11-9-29(10-12-30)37(22-32(44)39-23-27-13-16-38-17-14-27)15-19-42(34(37)46)31(33(45)41-49)8-6-7-18-43(35(47)48)36(3,4)5/h9-14,16-17,20-21,31,49H,6-8,15,18-19,22-24H2,1-5H3,(H,39,44)(H,41,45)(H,47,48). The SMILES string of the molecule is Cc1cc(COc2ccc(C3(CC(=O)NCc4ccncc4)CCN(C(CCCCN(C(=O)O)C(C)(C)C)C(=O)NO)C3=O)cc2)cc(C)n1. The Hall–Kier alpha value is -5.04. The van der Waals surface area contributed by atoms with Crippen molar-refractivity contribution < 1.29 is 34.2 Å². The zero-order valence-corrected chi connectivity index (χ0v) is 29.4. The summed E-state index contributed by atoms with van der Waals surface area (Å²) in [6.45, 7) is 10.3. The third-order valence-corrected chi connectivity index (χ3v) is 9.04. The highest BCUT2D eigenvalue weighted by Crippen LogP contribution is 2.41. The van der Waals surface area contributed by atoms with Crippen molar-refractivity contribution in [3.63, 3.8) is 0 Å². The number of carbonyl (C=O) groups is 4. The molecule has 1 aliphatic heterocycles. The third-order valence-electron chi connectivity index (χ3n) is 9.04. The van der Waals surface area contributed by atoms with Crippen LogP contribution in [0.5, 0.6) is 5.75 Å². The van der Waals surface area contributed by atoms with Crippen LogP contribution in [0.15, 0.2) is 60.9 Å². The van der Waals surface area contributed by atoms with E-state index in [1.54, 1.807) is 75.0 Å². The Morgan fingerprint density at radius 1 is 1.02 bits per heavy atom. The number of nitrogens with zero attached hydrogens (tertiary/aromatic N) is 4. The molecule has 4 amide bonds. The highest BCUT2D eigenvalue weighted by molar-refractivity contribution is 5.98. The fourth-order valence-corrected chi connectivity index (χ4v) is 6.53. The molecule has 50 heavy (non-hydrogen) atoms. The van der Waals surface area contributed by atoms with Gasteiger partial charge >= 0.3 is 6.09 Å². The number of pyridine rings is 2. The molecule has 0 spiro atoms. The van der Waals surface area contributed by atoms with Gasteiger partial charge in [-0.3, -0.25) is 29.6 Å². The summed E-state index contributed by atoms with van der Waals surface area (Å²) >= 11 is 0. The van der Waals surface area contributed by atoms with E-state index >= 15 is 0 Å². The number of rotatable bonds is 15. The normalized spacial score (nSPS) is 16.5. The number of unbranched alkanes of at least 4 members (excludes halogenated alkanes) is 1.